The highest BCUT2D eigenvalue weighted by atomic mass is 16.5. The average molecular weight is 375 g/mol. The van der Waals surface area contributed by atoms with Gasteiger partial charge in [-0.15, -0.1) is 0 Å². The van der Waals surface area contributed by atoms with Crippen LogP contribution in [0.25, 0.3) is 11.3 Å². The summed E-state index contributed by atoms with van der Waals surface area (Å²) in [5, 5.41) is 30.0. The highest BCUT2D eigenvalue weighted by molar-refractivity contribution is 5.89. The zero-order valence-corrected chi connectivity index (χ0v) is 15.9. The van der Waals surface area contributed by atoms with Crippen molar-refractivity contribution in [2.75, 3.05) is 13.2 Å². The second-order valence-corrected chi connectivity index (χ2v) is 6.71. The number of aromatic hydroxyl groups is 2. The van der Waals surface area contributed by atoms with Crippen molar-refractivity contribution < 1.29 is 24.9 Å². The van der Waals surface area contributed by atoms with Crippen LogP contribution in [0.5, 0.6) is 11.5 Å². The fourth-order valence-electron chi connectivity index (χ4n) is 2.91. The largest absolute Gasteiger partial charge is 0.508 e. The molecule has 2 aromatic rings. The molecule has 0 fully saturated rings. The second kappa shape index (κ2) is 8.26. The predicted octanol–water partition coefficient (Wildman–Crippen LogP) is 2.60. The first-order chi connectivity index (χ1) is 12.7. The normalized spacial score (nSPS) is 12.2. The molecule has 3 N–H and O–H groups in total. The second-order valence-electron chi connectivity index (χ2n) is 6.71. The van der Waals surface area contributed by atoms with Crippen LogP contribution in [0.2, 0.25) is 0 Å². The van der Waals surface area contributed by atoms with Gasteiger partial charge in [0.1, 0.15) is 17.1 Å². The fraction of sp³-hybridized carbons (Fsp3) is 0.400. The lowest BCUT2D eigenvalue weighted by Crippen LogP contribution is -2.26. The minimum atomic E-state index is -0.741. The van der Waals surface area contributed by atoms with E-state index < -0.39 is 17.4 Å². The van der Waals surface area contributed by atoms with Crippen molar-refractivity contribution in [2.45, 2.75) is 33.7 Å². The molecule has 7 nitrogen and oxygen atoms in total. The topological polar surface area (TPSA) is 109 Å². The minimum Gasteiger partial charge on any atom is -0.508 e. The van der Waals surface area contributed by atoms with Gasteiger partial charge in [-0.3, -0.25) is 4.79 Å². The standard InChI is InChI=1S/C20H25NO6/c1-5-27-20(26)14-9-21(16(10-22)11(2)3)15(7-18(14)24)13-6-12(4)17(23)8-19(13)25/h6-9,11,16,22-23,25H,5,10H2,1-4H3/t16-/m0/s1. The molecule has 0 radical (unpaired) electrons. The van der Waals surface area contributed by atoms with Crippen molar-refractivity contribution in [2.24, 2.45) is 5.92 Å². The van der Waals surface area contributed by atoms with E-state index in [0.717, 1.165) is 0 Å². The van der Waals surface area contributed by atoms with E-state index in [9.17, 15) is 24.9 Å². The maximum atomic E-state index is 12.5. The molecule has 1 aromatic carbocycles. The molecular weight excluding hydrogens is 350 g/mol. The third-order valence-corrected chi connectivity index (χ3v) is 4.48. The van der Waals surface area contributed by atoms with Crippen molar-refractivity contribution in [1.29, 1.82) is 0 Å². The summed E-state index contributed by atoms with van der Waals surface area (Å²) in [7, 11) is 0. The van der Waals surface area contributed by atoms with Crippen LogP contribution < -0.4 is 5.43 Å². The highest BCUT2D eigenvalue weighted by Crippen LogP contribution is 2.36. The summed E-state index contributed by atoms with van der Waals surface area (Å²) in [4.78, 5) is 24.6. The number of nitrogens with zero attached hydrogens (tertiary/aromatic N) is 1. The number of benzene rings is 1. The molecule has 0 saturated carbocycles. The van der Waals surface area contributed by atoms with Crippen LogP contribution in [0, 0.1) is 12.8 Å². The summed E-state index contributed by atoms with van der Waals surface area (Å²) in [5.41, 5.74) is 0.472. The van der Waals surface area contributed by atoms with Crippen LogP contribution in [0.4, 0.5) is 0 Å². The third kappa shape index (κ3) is 4.14. The Morgan fingerprint density at radius 3 is 2.41 bits per heavy atom. The summed E-state index contributed by atoms with van der Waals surface area (Å²) in [6.45, 7) is 7.01. The van der Waals surface area contributed by atoms with E-state index in [1.807, 2.05) is 13.8 Å². The maximum absolute atomic E-state index is 12.5. The van der Waals surface area contributed by atoms with E-state index in [-0.39, 0.29) is 36.2 Å². The Labute approximate surface area is 157 Å². The molecule has 0 amide bonds. The number of ether oxygens (including phenoxy) is 1. The number of phenols is 2. The molecule has 0 aliphatic heterocycles. The van der Waals surface area contributed by atoms with E-state index in [1.54, 1.807) is 24.5 Å². The Morgan fingerprint density at radius 2 is 1.85 bits per heavy atom. The minimum absolute atomic E-state index is 0.0216. The Hall–Kier alpha value is -2.80. The summed E-state index contributed by atoms with van der Waals surface area (Å²) < 4.78 is 6.55. The summed E-state index contributed by atoms with van der Waals surface area (Å²) >= 11 is 0. The molecule has 7 heteroatoms. The van der Waals surface area contributed by atoms with Crippen LogP contribution in [-0.4, -0.2) is 39.1 Å². The van der Waals surface area contributed by atoms with E-state index in [4.69, 9.17) is 4.74 Å². The molecule has 0 spiro atoms. The van der Waals surface area contributed by atoms with Crippen LogP contribution in [-0.2, 0) is 4.74 Å². The number of hydrogen-bond donors (Lipinski definition) is 3. The molecule has 0 unspecified atom stereocenters. The van der Waals surface area contributed by atoms with Gasteiger partial charge in [-0.1, -0.05) is 13.8 Å². The van der Waals surface area contributed by atoms with Crippen molar-refractivity contribution in [3.63, 3.8) is 0 Å². The van der Waals surface area contributed by atoms with Gasteiger partial charge in [0.05, 0.1) is 24.9 Å². The number of pyridine rings is 1. The number of aryl methyl sites for hydroxylation is 1. The van der Waals surface area contributed by atoms with Gasteiger partial charge in [0, 0.05) is 23.9 Å². The molecule has 146 valence electrons. The van der Waals surface area contributed by atoms with Crippen LogP contribution >= 0.6 is 0 Å². The van der Waals surface area contributed by atoms with Crippen LogP contribution in [0.15, 0.2) is 29.2 Å². The quantitative estimate of drug-likeness (QED) is 0.670. The Balaban J connectivity index is 2.80. The number of aliphatic hydroxyl groups excluding tert-OH is 1. The lowest BCUT2D eigenvalue weighted by atomic mass is 10.00. The van der Waals surface area contributed by atoms with Gasteiger partial charge in [-0.05, 0) is 31.4 Å². The Morgan fingerprint density at radius 1 is 1.19 bits per heavy atom. The third-order valence-electron chi connectivity index (χ3n) is 4.48. The first-order valence-electron chi connectivity index (χ1n) is 8.78. The predicted molar refractivity (Wildman–Crippen MR) is 101 cm³/mol. The van der Waals surface area contributed by atoms with Gasteiger partial charge in [0.2, 0.25) is 0 Å². The Kier molecular flexibility index (Phi) is 6.28. The van der Waals surface area contributed by atoms with Crippen LogP contribution in [0.3, 0.4) is 0 Å². The summed E-state index contributed by atoms with van der Waals surface area (Å²) in [6.07, 6.45) is 1.36. The number of aromatic nitrogens is 1. The van der Waals surface area contributed by atoms with Crippen molar-refractivity contribution >= 4 is 5.97 Å². The van der Waals surface area contributed by atoms with Gasteiger partial charge in [-0.2, -0.15) is 0 Å². The zero-order valence-electron chi connectivity index (χ0n) is 15.9. The summed E-state index contributed by atoms with van der Waals surface area (Å²) in [5.74, 6) is -1.05. The molecular formula is C20H25NO6. The number of rotatable bonds is 6. The number of carbonyl (C=O) groups is 1. The average Bonchev–Trinajstić information content (AvgIpc) is 2.59. The molecule has 0 saturated heterocycles. The van der Waals surface area contributed by atoms with Gasteiger partial charge >= 0.3 is 5.97 Å². The van der Waals surface area contributed by atoms with Crippen LogP contribution in [0.1, 0.15) is 42.7 Å². The zero-order chi connectivity index (χ0) is 20.3. The molecule has 1 atom stereocenters. The molecule has 2 rings (SSSR count). The van der Waals surface area contributed by atoms with Gasteiger partial charge in [-0.25, -0.2) is 4.79 Å². The van der Waals surface area contributed by atoms with Gasteiger partial charge < -0.3 is 24.6 Å². The molecule has 27 heavy (non-hydrogen) atoms. The fourth-order valence-corrected chi connectivity index (χ4v) is 2.91. The summed E-state index contributed by atoms with van der Waals surface area (Å²) in [6, 6.07) is 3.54. The number of hydrogen-bond acceptors (Lipinski definition) is 6. The molecule has 1 heterocycles. The van der Waals surface area contributed by atoms with Gasteiger partial charge in [0.15, 0.2) is 5.43 Å². The van der Waals surface area contributed by atoms with E-state index in [2.05, 4.69) is 0 Å². The molecule has 0 aliphatic carbocycles. The SMILES string of the molecule is CCOC(=O)c1cn([C@@H](CO)C(C)C)c(-c2cc(C)c(O)cc2O)cc1=O. The van der Waals surface area contributed by atoms with Crippen molar-refractivity contribution in [1.82, 2.24) is 4.57 Å². The molecule has 1 aromatic heterocycles. The van der Waals surface area contributed by atoms with E-state index in [0.29, 0.717) is 16.8 Å². The van der Waals surface area contributed by atoms with Crippen molar-refractivity contribution in [3.8, 4) is 22.8 Å². The molecule has 0 bridgehead atoms. The first-order valence-corrected chi connectivity index (χ1v) is 8.78. The lowest BCUT2D eigenvalue weighted by Gasteiger charge is -2.26. The number of carbonyl (C=O) groups excluding carboxylic acids is 1. The van der Waals surface area contributed by atoms with Crippen molar-refractivity contribution in [3.05, 3.63) is 45.7 Å². The number of esters is 1. The highest BCUT2D eigenvalue weighted by Gasteiger charge is 2.23. The Bertz CT molecular complexity index is 900. The number of phenolic OH excluding ortho intramolecular Hbond substituents is 2. The monoisotopic (exact) mass is 375 g/mol. The maximum Gasteiger partial charge on any atom is 0.343 e. The van der Waals surface area contributed by atoms with E-state index >= 15 is 0 Å². The lowest BCUT2D eigenvalue weighted by molar-refractivity contribution is 0.0523. The molecule has 0 aliphatic rings. The van der Waals surface area contributed by atoms with E-state index in [1.165, 1.54) is 18.3 Å². The smallest absolute Gasteiger partial charge is 0.343 e. The number of aliphatic hydroxyl groups is 1. The van der Waals surface area contributed by atoms with Gasteiger partial charge in [0.25, 0.3) is 0 Å². The first kappa shape index (κ1) is 20.5.